The number of anilines is 6. The lowest BCUT2D eigenvalue weighted by atomic mass is 10.2. The van der Waals surface area contributed by atoms with Crippen molar-refractivity contribution in [3.05, 3.63) is 239 Å². The molecular formula is C51H30N15O3P3. The third-order valence-electron chi connectivity index (χ3n) is 11.5. The largest absolute Gasteiger partial charge is 0.466 e. The lowest BCUT2D eigenvalue weighted by molar-refractivity contribution is 0.578. The van der Waals surface area contributed by atoms with E-state index in [-0.39, 0.29) is 56.9 Å². The van der Waals surface area contributed by atoms with E-state index < -0.39 is 50.7 Å². The molecule has 0 N–H and O–H groups in total. The topological polar surface area (TPSA) is 213 Å². The summed E-state index contributed by atoms with van der Waals surface area (Å²) in [6.07, 6.45) is 0. The molecule has 0 amide bonds. The number of para-hydroxylation sites is 6. The Bertz CT molecular complexity index is 3230. The standard InChI is InChI=1S/C51H30N15O3P3/c1-56-47-48(57-2)66(42-31-19-8-20-32-42)72(69,65(47)41-29-17-7-18-30-41)51-59-49(70(67)61(37-21-9-3-10-22-37)43(33-52)44(34-53)62(70)38-23-11-4-12-24-38)58-50(60-51)71(68)63(39-25-13-5-14-26-39)45(35-54)46(36-55)64(71)40-27-15-6-16-28-40/h3-32H. The summed E-state index contributed by atoms with van der Waals surface area (Å²) in [4.78, 5) is 22.2. The molecular weight excluding hydrogens is 964 g/mol. The van der Waals surface area contributed by atoms with Crippen LogP contribution in [0.15, 0.2) is 216 Å². The summed E-state index contributed by atoms with van der Waals surface area (Å²) in [5.41, 5.74) is -3.01. The van der Waals surface area contributed by atoms with E-state index in [1.165, 1.54) is 0 Å². The van der Waals surface area contributed by atoms with Crippen LogP contribution in [0.5, 0.6) is 0 Å². The molecule has 3 aliphatic rings. The maximum absolute atomic E-state index is 17.4. The third kappa shape index (κ3) is 6.74. The first-order valence-electron chi connectivity index (χ1n) is 21.4. The summed E-state index contributed by atoms with van der Waals surface area (Å²) in [5, 5.41) is 44.0. The lowest BCUT2D eigenvalue weighted by Crippen LogP contribution is -2.46. The zero-order valence-corrected chi connectivity index (χ0v) is 39.8. The van der Waals surface area contributed by atoms with Crippen LogP contribution in [-0.4, -0.2) is 15.0 Å². The molecule has 18 nitrogen and oxygen atoms in total. The van der Waals surface area contributed by atoms with Crippen LogP contribution in [-0.2, 0) is 13.7 Å². The van der Waals surface area contributed by atoms with Gasteiger partial charge in [-0.25, -0.2) is 13.9 Å². The molecule has 0 atom stereocenters. The smallest absolute Gasteiger partial charge is 0.373 e. The predicted octanol–water partition coefficient (Wildman–Crippen LogP) is 9.89. The number of rotatable bonds is 9. The van der Waals surface area contributed by atoms with E-state index in [1.54, 1.807) is 182 Å². The summed E-state index contributed by atoms with van der Waals surface area (Å²) < 4.78 is 58.7. The van der Waals surface area contributed by atoms with Gasteiger partial charge in [0, 0.05) is 0 Å². The van der Waals surface area contributed by atoms with Gasteiger partial charge in [0.15, 0.2) is 22.8 Å². The predicted molar refractivity (Wildman–Crippen MR) is 272 cm³/mol. The van der Waals surface area contributed by atoms with Crippen molar-refractivity contribution in [3.63, 3.8) is 0 Å². The Morgan fingerprint density at radius 2 is 0.514 bits per heavy atom. The fourth-order valence-corrected chi connectivity index (χ4v) is 16.9. The minimum absolute atomic E-state index is 0.133. The number of nitrogens with zero attached hydrogens (tertiary/aromatic N) is 15. The number of nitriles is 4. The van der Waals surface area contributed by atoms with Crippen molar-refractivity contribution in [2.24, 2.45) is 0 Å². The molecule has 72 heavy (non-hydrogen) atoms. The Balaban J connectivity index is 1.40. The fourth-order valence-electron chi connectivity index (χ4n) is 8.64. The van der Waals surface area contributed by atoms with Crippen LogP contribution in [0.1, 0.15) is 0 Å². The molecule has 10 rings (SSSR count). The highest BCUT2D eigenvalue weighted by Crippen LogP contribution is 2.68. The van der Waals surface area contributed by atoms with Crippen molar-refractivity contribution in [1.82, 2.24) is 15.0 Å². The van der Waals surface area contributed by atoms with E-state index in [4.69, 9.17) is 28.1 Å². The average molecular weight is 994 g/mol. The van der Waals surface area contributed by atoms with Gasteiger partial charge in [-0.2, -0.15) is 36.0 Å². The van der Waals surface area contributed by atoms with E-state index in [9.17, 15) is 21.0 Å². The normalized spacial score (nSPS) is 16.4. The van der Waals surface area contributed by atoms with Crippen LogP contribution in [0.3, 0.4) is 0 Å². The molecule has 6 aromatic carbocycles. The summed E-state index contributed by atoms with van der Waals surface area (Å²) in [5.74, 6) is -0.804. The van der Waals surface area contributed by atoms with Gasteiger partial charge >= 0.3 is 22.3 Å². The van der Waals surface area contributed by atoms with Crippen LogP contribution in [0.4, 0.5) is 34.1 Å². The average Bonchev–Trinajstić information content (AvgIpc) is 3.99. The molecule has 0 saturated heterocycles. The van der Waals surface area contributed by atoms with E-state index in [0.717, 1.165) is 28.0 Å². The van der Waals surface area contributed by atoms with Crippen molar-refractivity contribution in [2.75, 3.05) is 28.0 Å². The van der Waals surface area contributed by atoms with Crippen molar-refractivity contribution in [2.45, 2.75) is 0 Å². The second-order valence-corrected chi connectivity index (χ2v) is 22.3. The Morgan fingerprint density at radius 3 is 0.694 bits per heavy atom. The summed E-state index contributed by atoms with van der Waals surface area (Å²) in [7, 11) is -15.3. The molecule has 0 bridgehead atoms. The fraction of sp³-hybridized carbons (Fsp3) is 0. The van der Waals surface area contributed by atoms with E-state index >= 15 is 13.7 Å². The SMILES string of the molecule is [C-]#[N+]C1=C([N+]#[C-])N(c2ccccc2)P(=O)(c2nc(P3(=O)N(c4ccccc4)C(C#N)=C(C#N)N3c3ccccc3)nc(P3(=O)N(c4ccccc4)C(C#N)=C(C#N)N3c3ccccc3)n2)N1c1ccccc1. The highest BCUT2D eigenvalue weighted by atomic mass is 31.2. The highest BCUT2D eigenvalue weighted by molar-refractivity contribution is 7.77. The Labute approximate surface area is 412 Å². The number of hydrogen-bond acceptors (Lipinski definition) is 10. The number of allylic oxidation sites excluding steroid dienone is 4. The molecule has 4 heterocycles. The molecule has 1 aromatic heterocycles. The second kappa shape index (κ2) is 18.1. The lowest BCUT2D eigenvalue weighted by Gasteiger charge is -2.34. The van der Waals surface area contributed by atoms with E-state index in [1.807, 2.05) is 0 Å². The Morgan fingerprint density at radius 1 is 0.333 bits per heavy atom. The second-order valence-electron chi connectivity index (χ2n) is 15.5. The van der Waals surface area contributed by atoms with Crippen molar-refractivity contribution in [3.8, 4) is 24.3 Å². The van der Waals surface area contributed by atoms with Crippen molar-refractivity contribution < 1.29 is 13.7 Å². The van der Waals surface area contributed by atoms with Crippen LogP contribution in [0, 0.1) is 58.5 Å². The molecule has 0 unspecified atom stereocenters. The molecule has 342 valence electrons. The van der Waals surface area contributed by atoms with Gasteiger partial charge in [-0.3, -0.25) is 27.8 Å². The first kappa shape index (κ1) is 45.7. The third-order valence-corrected chi connectivity index (χ3v) is 19.5. The van der Waals surface area contributed by atoms with Gasteiger partial charge in [0.05, 0.1) is 22.7 Å². The molecule has 0 saturated carbocycles. The Hall–Kier alpha value is -10.0. The van der Waals surface area contributed by atoms with Crippen LogP contribution in [0.25, 0.3) is 9.69 Å². The van der Waals surface area contributed by atoms with Gasteiger partial charge in [0.2, 0.25) is 11.1 Å². The van der Waals surface area contributed by atoms with Gasteiger partial charge in [-0.1, -0.05) is 122 Å². The maximum atomic E-state index is 17.4. The van der Waals surface area contributed by atoms with Gasteiger partial charge < -0.3 is 9.69 Å². The van der Waals surface area contributed by atoms with Gasteiger partial charge in [0.25, 0.3) is 17.2 Å². The summed E-state index contributed by atoms with van der Waals surface area (Å²) in [6.45, 7) is 17.0. The van der Waals surface area contributed by atoms with Gasteiger partial charge in [0.1, 0.15) is 35.7 Å². The first-order chi connectivity index (χ1) is 35.1. The quantitative estimate of drug-likeness (QED) is 0.0972. The molecule has 3 aliphatic heterocycles. The van der Waals surface area contributed by atoms with Gasteiger partial charge in [-0.05, 0) is 72.8 Å². The highest BCUT2D eigenvalue weighted by Gasteiger charge is 2.63. The van der Waals surface area contributed by atoms with Crippen LogP contribution < -0.4 is 44.7 Å². The molecule has 7 aromatic rings. The number of aromatic nitrogens is 3. The van der Waals surface area contributed by atoms with Crippen molar-refractivity contribution >= 4 is 73.2 Å². The summed E-state index contributed by atoms with van der Waals surface area (Å²) >= 11 is 0. The molecule has 0 fully saturated rings. The minimum atomic E-state index is -5.09. The number of benzene rings is 6. The molecule has 21 heteroatoms. The molecule has 0 aliphatic carbocycles. The van der Waals surface area contributed by atoms with E-state index in [0.29, 0.717) is 0 Å². The van der Waals surface area contributed by atoms with Crippen LogP contribution >= 0.6 is 22.3 Å². The van der Waals surface area contributed by atoms with Gasteiger partial charge in [-0.15, -0.1) is 0 Å². The summed E-state index contributed by atoms with van der Waals surface area (Å²) in [6, 6.07) is 56.5. The molecule has 0 radical (unpaired) electrons. The zero-order valence-electron chi connectivity index (χ0n) is 37.1. The van der Waals surface area contributed by atoms with Crippen molar-refractivity contribution in [1.29, 1.82) is 21.0 Å². The Kier molecular flexibility index (Phi) is 11.5. The maximum Gasteiger partial charge on any atom is 0.466 e. The number of hydrogen-bond donors (Lipinski definition) is 0. The van der Waals surface area contributed by atoms with E-state index in [2.05, 4.69) is 34.0 Å². The zero-order chi connectivity index (χ0) is 50.2. The van der Waals surface area contributed by atoms with Crippen LogP contribution in [0.2, 0.25) is 0 Å². The first-order valence-corrected chi connectivity index (χ1v) is 26.3. The minimum Gasteiger partial charge on any atom is -0.373 e. The molecule has 0 spiro atoms. The monoisotopic (exact) mass is 993 g/mol.